The molecule has 0 aromatic heterocycles. The van der Waals surface area contributed by atoms with Crippen LogP contribution in [0.4, 0.5) is 51.2 Å². The summed E-state index contributed by atoms with van der Waals surface area (Å²) >= 11 is 0. The van der Waals surface area contributed by atoms with E-state index in [2.05, 4.69) is 44.0 Å². The average Bonchev–Trinajstić information content (AvgIpc) is 0.813. The molecule has 0 saturated heterocycles. The second-order valence-corrected chi connectivity index (χ2v) is 37.9. The highest BCUT2D eigenvalue weighted by Crippen LogP contribution is 2.39. The van der Waals surface area contributed by atoms with E-state index >= 15 is 0 Å². The molecule has 13 aromatic carbocycles. The summed E-state index contributed by atoms with van der Waals surface area (Å²) in [6.45, 7) is 29.1. The van der Waals surface area contributed by atoms with Crippen molar-refractivity contribution < 1.29 is 101 Å². The van der Waals surface area contributed by atoms with Gasteiger partial charge in [0.25, 0.3) is 35.4 Å². The number of fused-ring (bicyclic) bond motifs is 2. The standard InChI is InChI=1S/2C41H42N4O8.C32H38N4O8/c1-25(2)23-52-36-20-30(39(42)46)11-14-33(36)43-40(47)31-12-15-34(37(21-31)53-24-26(3)4)44-41(48)32-13-16-35(45(49)50)38(22-32)51-18-17-27-9-10-28-7-5-6-8-29(28)19-27;1-25(2)23-52-37-21-31(12-15-34(37)44-41(48)32-13-16-35(45(49)50)38(22-32)53-24-26(3)4)40(47)43-33-14-11-30(39(42)46)20-36(33)51-18-17-27-9-10-28-7-5-6-8-29(28)19-27;1-18(2)16-42-27-14-22(31(38)35-25-10-7-21(30(33)37)13-28(25)44-20(5)6)8-11-24(27)34-32(39)23-9-12-26(36(40)41)29(15-23)43-17-19(3)4/h2*5-16,19-22,25-26H,17-18,23-24H2,1-4H3,(H2,42,46)(H,43,47)(H,44,48);7-15,18-20H,16-17H2,1-6H3,(H2,33,37)(H,34,39)(H,35,38). The van der Waals surface area contributed by atoms with Crippen molar-refractivity contribution in [2.75, 3.05) is 84.8 Å². The Labute approximate surface area is 867 Å². The number of rotatable bonds is 46. The number of nitrogens with two attached hydrogens (primary N) is 3. The van der Waals surface area contributed by atoms with Gasteiger partial charge in [0.05, 0.1) is 108 Å². The highest BCUT2D eigenvalue weighted by atomic mass is 16.6. The number of anilines is 6. The summed E-state index contributed by atoms with van der Waals surface area (Å²) in [7, 11) is 0. The van der Waals surface area contributed by atoms with Gasteiger partial charge in [-0.3, -0.25) is 73.5 Å². The number of nitro benzene ring substituents is 3. The van der Waals surface area contributed by atoms with E-state index in [1.807, 2.05) is 170 Å². The SMILES string of the molecule is CC(C)COc1cc(C(=O)Nc2ccc(C(N)=O)cc2OC(C)C)ccc1NC(=O)c1ccc([N+](=O)[O-])c(OCC(C)C)c1.CC(C)COc1cc(C(=O)Nc2ccc(C(N)=O)cc2OCCc2ccc3ccccc3c2)ccc1NC(=O)c1ccc([N+](=O)[O-])c(OCC(C)C)c1.CC(C)COc1cc(C(N)=O)ccc1NC(=O)c1ccc(NC(=O)c2ccc([N+](=O)[O-])c(OCCc3ccc4ccccc4c3)c2)c(OCC(C)C)c1. The highest BCUT2D eigenvalue weighted by molar-refractivity contribution is 6.12. The maximum absolute atomic E-state index is 13.6. The van der Waals surface area contributed by atoms with E-state index in [-0.39, 0.29) is 187 Å². The predicted molar refractivity (Wildman–Crippen MR) is 575 cm³/mol. The molecule has 150 heavy (non-hydrogen) atoms. The van der Waals surface area contributed by atoms with Crippen molar-refractivity contribution in [1.29, 1.82) is 0 Å². The largest absolute Gasteiger partial charge is 0.491 e. The van der Waals surface area contributed by atoms with Gasteiger partial charge in [0.15, 0.2) is 17.2 Å². The average molecular weight is 2040 g/mol. The Balaban J connectivity index is 0.000000215. The van der Waals surface area contributed by atoms with E-state index in [4.69, 9.17) is 59.8 Å². The molecule has 13 aromatic rings. The first kappa shape index (κ1) is 112. The van der Waals surface area contributed by atoms with E-state index in [9.17, 15) is 73.5 Å². The van der Waals surface area contributed by atoms with E-state index in [0.717, 1.165) is 32.7 Å². The molecule has 0 aliphatic rings. The van der Waals surface area contributed by atoms with E-state index in [1.165, 1.54) is 140 Å². The molecule has 0 heterocycles. The number of primary amides is 3. The summed E-state index contributed by atoms with van der Waals surface area (Å²) in [4.78, 5) is 149. The number of nitrogens with one attached hydrogen (secondary N) is 6. The van der Waals surface area contributed by atoms with E-state index in [1.54, 1.807) is 24.3 Å². The van der Waals surface area contributed by atoms with Gasteiger partial charge in [-0.15, -0.1) is 0 Å². The molecule has 0 aliphatic carbocycles. The van der Waals surface area contributed by atoms with Crippen molar-refractivity contribution in [2.45, 2.75) is 116 Å². The van der Waals surface area contributed by atoms with Crippen molar-refractivity contribution in [2.24, 2.45) is 52.7 Å². The van der Waals surface area contributed by atoms with Crippen LogP contribution in [0.2, 0.25) is 0 Å². The molecule has 36 heteroatoms. The van der Waals surface area contributed by atoms with Crippen LogP contribution in [0.5, 0.6) is 51.7 Å². The molecule has 9 amide bonds. The van der Waals surface area contributed by atoms with Gasteiger partial charge in [0, 0.05) is 99.3 Å². The summed E-state index contributed by atoms with van der Waals surface area (Å²) < 4.78 is 52.8. The first-order chi connectivity index (χ1) is 71.5. The van der Waals surface area contributed by atoms with Crippen LogP contribution in [0.15, 0.2) is 249 Å². The van der Waals surface area contributed by atoms with Crippen LogP contribution in [-0.4, -0.2) is 127 Å². The minimum absolute atomic E-state index is 0.00988. The smallest absolute Gasteiger partial charge is 0.310 e. The molecule has 782 valence electrons. The van der Waals surface area contributed by atoms with E-state index in [0.29, 0.717) is 73.5 Å². The molecule has 0 aliphatic heterocycles. The molecule has 12 N–H and O–H groups in total. The summed E-state index contributed by atoms with van der Waals surface area (Å²) in [6, 6.07) is 67.2. The van der Waals surface area contributed by atoms with Crippen LogP contribution < -0.4 is 91.7 Å². The third-order valence-corrected chi connectivity index (χ3v) is 22.0. The fraction of sp³-hybridized carbons (Fsp3) is 0.272. The van der Waals surface area contributed by atoms with Crippen molar-refractivity contribution in [3.63, 3.8) is 0 Å². The molecule has 0 unspecified atom stereocenters. The van der Waals surface area contributed by atoms with Gasteiger partial charge in [-0.2, -0.15) is 0 Å². The lowest BCUT2D eigenvalue weighted by Gasteiger charge is -2.17. The van der Waals surface area contributed by atoms with Crippen molar-refractivity contribution in [3.8, 4) is 51.7 Å². The number of amides is 9. The number of nitro groups is 3. The molecular weight excluding hydrogens is 1920 g/mol. The second kappa shape index (κ2) is 53.2. The summed E-state index contributed by atoms with van der Waals surface area (Å²) in [5, 5.41) is 56.1. The van der Waals surface area contributed by atoms with Gasteiger partial charge in [-0.1, -0.05) is 168 Å². The minimum atomic E-state index is -0.639. The quantitative estimate of drug-likeness (QED) is 0.0126. The number of nitrogens with zero attached hydrogens (tertiary/aromatic N) is 3. The Morgan fingerprint density at radius 2 is 0.453 bits per heavy atom. The molecule has 0 atom stereocenters. The van der Waals surface area contributed by atoms with Gasteiger partial charge in [-0.05, 0) is 209 Å². The Bertz CT molecular complexity index is 7130. The molecule has 0 saturated carbocycles. The third-order valence-electron chi connectivity index (χ3n) is 22.0. The Hall–Kier alpha value is -18.0. The zero-order valence-electron chi connectivity index (χ0n) is 85.7. The number of hydrogen-bond donors (Lipinski definition) is 9. The number of hydrogen-bond acceptors (Lipinski definition) is 24. The second-order valence-electron chi connectivity index (χ2n) is 37.9. The molecule has 13 rings (SSSR count). The van der Waals surface area contributed by atoms with Gasteiger partial charge in [0.2, 0.25) is 17.7 Å². The Morgan fingerprint density at radius 1 is 0.247 bits per heavy atom. The predicted octanol–water partition coefficient (Wildman–Crippen LogP) is 22.1. The molecule has 0 radical (unpaired) electrons. The van der Waals surface area contributed by atoms with Crippen LogP contribution >= 0.6 is 0 Å². The maximum atomic E-state index is 13.6. The molecular formula is C114H122N12O24. The summed E-state index contributed by atoms with van der Waals surface area (Å²) in [6.07, 6.45) is 0.843. The number of benzene rings is 13. The van der Waals surface area contributed by atoms with Gasteiger partial charge >= 0.3 is 17.1 Å². The highest BCUT2D eigenvalue weighted by Gasteiger charge is 2.28. The van der Waals surface area contributed by atoms with Crippen LogP contribution in [0.3, 0.4) is 0 Å². The number of carbonyl (C=O) groups excluding carboxylic acids is 9. The molecule has 0 bridgehead atoms. The summed E-state index contributed by atoms with van der Waals surface area (Å²) in [5.74, 6) is -2.69. The van der Waals surface area contributed by atoms with Crippen LogP contribution in [0.1, 0.15) is 201 Å². The minimum Gasteiger partial charge on any atom is -0.491 e. The van der Waals surface area contributed by atoms with Crippen molar-refractivity contribution in [1.82, 2.24) is 0 Å². The van der Waals surface area contributed by atoms with E-state index < -0.39 is 67.9 Å². The Morgan fingerprint density at radius 3 is 0.707 bits per heavy atom. The number of carbonyl (C=O) groups is 9. The van der Waals surface area contributed by atoms with Crippen LogP contribution in [0, 0.1) is 65.9 Å². The monoisotopic (exact) mass is 2040 g/mol. The lowest BCUT2D eigenvalue weighted by Crippen LogP contribution is -2.18. The maximum Gasteiger partial charge on any atom is 0.310 e. The molecule has 36 nitrogen and oxygen atoms in total. The summed E-state index contributed by atoms with van der Waals surface area (Å²) in [5.41, 5.74) is 21.4. The number of ether oxygens (including phenoxy) is 9. The van der Waals surface area contributed by atoms with Gasteiger partial charge in [-0.25, -0.2) is 0 Å². The lowest BCUT2D eigenvalue weighted by atomic mass is 10.1. The van der Waals surface area contributed by atoms with Crippen molar-refractivity contribution in [3.05, 3.63) is 340 Å². The van der Waals surface area contributed by atoms with Crippen LogP contribution in [0.25, 0.3) is 21.5 Å². The topological polar surface area (TPSA) is 516 Å². The Kier molecular flexibility index (Phi) is 39.9. The lowest BCUT2D eigenvalue weighted by molar-refractivity contribution is -0.386. The van der Waals surface area contributed by atoms with Crippen LogP contribution in [-0.2, 0) is 12.8 Å². The first-order valence-electron chi connectivity index (χ1n) is 48.6. The molecule has 0 spiro atoms. The fourth-order valence-corrected chi connectivity index (χ4v) is 14.4. The zero-order valence-corrected chi connectivity index (χ0v) is 85.7. The fourth-order valence-electron chi connectivity index (χ4n) is 14.4. The molecule has 0 fully saturated rings. The zero-order chi connectivity index (χ0) is 109. The van der Waals surface area contributed by atoms with Crippen molar-refractivity contribution >= 4 is 126 Å². The first-order valence-corrected chi connectivity index (χ1v) is 48.6. The van der Waals surface area contributed by atoms with Gasteiger partial charge < -0.3 is 91.7 Å². The normalized spacial score (nSPS) is 11.0. The third kappa shape index (κ3) is 32.8. The van der Waals surface area contributed by atoms with Gasteiger partial charge in [0.1, 0.15) is 34.5 Å².